The summed E-state index contributed by atoms with van der Waals surface area (Å²) in [6.07, 6.45) is 0. The molecular formula is C15H17N3O2S2. The van der Waals surface area contributed by atoms with Gasteiger partial charge in [0.1, 0.15) is 16.4 Å². The van der Waals surface area contributed by atoms with Gasteiger partial charge in [-0.25, -0.2) is 4.98 Å². The first-order chi connectivity index (χ1) is 10.5. The van der Waals surface area contributed by atoms with E-state index in [0.717, 1.165) is 49.3 Å². The van der Waals surface area contributed by atoms with Crippen LogP contribution in [0.25, 0.3) is 10.2 Å². The summed E-state index contributed by atoms with van der Waals surface area (Å²) in [7, 11) is 0. The number of H-pyrrole nitrogens is 1. The lowest BCUT2D eigenvalue weighted by Crippen LogP contribution is -2.10. The SMILES string of the molecule is Cc1noc(C)c1CSCc1nc2sc(C)c(C)c2c(=O)[nH]1. The first kappa shape index (κ1) is 15.3. The number of fused-ring (bicyclic) bond motifs is 1. The van der Waals surface area contributed by atoms with Crippen LogP contribution in [0.2, 0.25) is 0 Å². The Morgan fingerprint density at radius 3 is 2.68 bits per heavy atom. The number of rotatable bonds is 4. The predicted molar refractivity (Wildman–Crippen MR) is 90.7 cm³/mol. The zero-order valence-electron chi connectivity index (χ0n) is 12.9. The smallest absolute Gasteiger partial charge is 0.259 e. The minimum atomic E-state index is -0.0419. The molecule has 3 aromatic heterocycles. The first-order valence-electron chi connectivity index (χ1n) is 6.95. The van der Waals surface area contributed by atoms with Crippen LogP contribution in [0.4, 0.5) is 0 Å². The Bertz CT molecular complexity index is 873. The summed E-state index contributed by atoms with van der Waals surface area (Å²) in [6, 6.07) is 0. The van der Waals surface area contributed by atoms with E-state index in [1.165, 1.54) is 0 Å². The van der Waals surface area contributed by atoms with E-state index in [-0.39, 0.29) is 5.56 Å². The van der Waals surface area contributed by atoms with Crippen LogP contribution in [0.15, 0.2) is 9.32 Å². The van der Waals surface area contributed by atoms with Crippen molar-refractivity contribution in [3.63, 3.8) is 0 Å². The summed E-state index contributed by atoms with van der Waals surface area (Å²) in [6.45, 7) is 7.85. The number of hydrogen-bond acceptors (Lipinski definition) is 6. The fraction of sp³-hybridized carbons (Fsp3) is 0.400. The molecule has 0 fully saturated rings. The third-order valence-corrected chi connectivity index (χ3v) is 5.83. The van der Waals surface area contributed by atoms with Gasteiger partial charge >= 0.3 is 0 Å². The normalized spacial score (nSPS) is 11.5. The highest BCUT2D eigenvalue weighted by molar-refractivity contribution is 7.97. The van der Waals surface area contributed by atoms with Crippen LogP contribution >= 0.6 is 23.1 Å². The van der Waals surface area contributed by atoms with Gasteiger partial charge in [0.15, 0.2) is 0 Å². The highest BCUT2D eigenvalue weighted by atomic mass is 32.2. The Morgan fingerprint density at radius 2 is 2.00 bits per heavy atom. The van der Waals surface area contributed by atoms with E-state index < -0.39 is 0 Å². The van der Waals surface area contributed by atoms with E-state index in [0.29, 0.717) is 5.75 Å². The average molecular weight is 335 g/mol. The molecule has 0 radical (unpaired) electrons. The molecular weight excluding hydrogens is 318 g/mol. The van der Waals surface area contributed by atoms with Gasteiger partial charge < -0.3 is 9.51 Å². The second kappa shape index (κ2) is 5.89. The third kappa shape index (κ3) is 2.70. The van der Waals surface area contributed by atoms with Gasteiger partial charge in [-0.15, -0.1) is 23.1 Å². The molecule has 0 atom stereocenters. The quantitative estimate of drug-likeness (QED) is 0.788. The Balaban J connectivity index is 1.79. The minimum Gasteiger partial charge on any atom is -0.361 e. The Hall–Kier alpha value is -1.60. The number of thioether (sulfide) groups is 1. The summed E-state index contributed by atoms with van der Waals surface area (Å²) in [5.74, 6) is 3.03. The first-order valence-corrected chi connectivity index (χ1v) is 8.93. The van der Waals surface area contributed by atoms with Crippen molar-refractivity contribution in [1.82, 2.24) is 15.1 Å². The zero-order valence-corrected chi connectivity index (χ0v) is 14.6. The van der Waals surface area contributed by atoms with Crippen molar-refractivity contribution in [2.45, 2.75) is 39.2 Å². The molecule has 3 heterocycles. The number of thiophene rings is 1. The molecule has 0 bridgehead atoms. The van der Waals surface area contributed by atoms with E-state index >= 15 is 0 Å². The molecule has 0 aromatic carbocycles. The van der Waals surface area contributed by atoms with Crippen LogP contribution in [0.3, 0.4) is 0 Å². The second-order valence-corrected chi connectivity index (χ2v) is 7.46. The van der Waals surface area contributed by atoms with Gasteiger partial charge in [0.25, 0.3) is 5.56 Å². The van der Waals surface area contributed by atoms with Crippen molar-refractivity contribution in [1.29, 1.82) is 0 Å². The highest BCUT2D eigenvalue weighted by Crippen LogP contribution is 2.27. The Labute approximate surface area is 136 Å². The molecule has 0 unspecified atom stereocenters. The molecule has 0 aliphatic rings. The standard InChI is InChI=1S/C15H17N3O2S2/c1-7-10(4)22-15-13(7)14(19)16-12(17-15)6-21-5-11-8(2)18-20-9(11)3/h5-6H2,1-4H3,(H,16,17,19). The van der Waals surface area contributed by atoms with E-state index in [1.807, 2.05) is 27.7 Å². The molecule has 0 saturated carbocycles. The van der Waals surface area contributed by atoms with E-state index in [4.69, 9.17) is 4.52 Å². The van der Waals surface area contributed by atoms with Crippen molar-refractivity contribution in [3.8, 4) is 0 Å². The number of aromatic nitrogens is 3. The maximum Gasteiger partial charge on any atom is 0.259 e. The van der Waals surface area contributed by atoms with Gasteiger partial charge in [-0.3, -0.25) is 4.79 Å². The molecule has 0 aliphatic carbocycles. The molecule has 0 aliphatic heterocycles. The van der Waals surface area contributed by atoms with E-state index in [9.17, 15) is 4.79 Å². The molecule has 0 amide bonds. The summed E-state index contributed by atoms with van der Waals surface area (Å²) in [4.78, 5) is 21.7. The number of aromatic amines is 1. The third-order valence-electron chi connectivity index (χ3n) is 3.75. The van der Waals surface area contributed by atoms with Crippen molar-refractivity contribution in [2.24, 2.45) is 0 Å². The number of aryl methyl sites for hydroxylation is 4. The van der Waals surface area contributed by atoms with Crippen LogP contribution in [0.5, 0.6) is 0 Å². The van der Waals surface area contributed by atoms with Crippen molar-refractivity contribution in [2.75, 3.05) is 0 Å². The van der Waals surface area contributed by atoms with E-state index in [2.05, 4.69) is 15.1 Å². The van der Waals surface area contributed by atoms with Gasteiger partial charge in [0.2, 0.25) is 0 Å². The van der Waals surface area contributed by atoms with Crippen LogP contribution in [-0.2, 0) is 11.5 Å². The molecule has 0 spiro atoms. The lowest BCUT2D eigenvalue weighted by molar-refractivity contribution is 0.392. The lowest BCUT2D eigenvalue weighted by atomic mass is 10.2. The number of nitrogens with one attached hydrogen (secondary N) is 1. The Kier molecular flexibility index (Phi) is 4.10. The minimum absolute atomic E-state index is 0.0419. The average Bonchev–Trinajstić information content (AvgIpc) is 2.92. The number of nitrogens with zero attached hydrogens (tertiary/aromatic N) is 2. The molecule has 3 rings (SSSR count). The topological polar surface area (TPSA) is 71.8 Å². The zero-order chi connectivity index (χ0) is 15.9. The second-order valence-electron chi connectivity index (χ2n) is 5.27. The summed E-state index contributed by atoms with van der Waals surface area (Å²) < 4.78 is 5.16. The fourth-order valence-electron chi connectivity index (χ4n) is 2.33. The van der Waals surface area contributed by atoms with Gasteiger partial charge in [-0.1, -0.05) is 5.16 Å². The van der Waals surface area contributed by atoms with Gasteiger partial charge in [-0.05, 0) is 33.3 Å². The summed E-state index contributed by atoms with van der Waals surface area (Å²) in [5.41, 5.74) is 3.03. The molecule has 7 heteroatoms. The fourth-order valence-corrected chi connectivity index (χ4v) is 4.42. The van der Waals surface area contributed by atoms with Crippen molar-refractivity contribution < 1.29 is 4.52 Å². The molecule has 5 nitrogen and oxygen atoms in total. The maximum absolute atomic E-state index is 12.2. The van der Waals surface area contributed by atoms with Crippen molar-refractivity contribution >= 4 is 33.3 Å². The molecule has 22 heavy (non-hydrogen) atoms. The Morgan fingerprint density at radius 1 is 1.23 bits per heavy atom. The predicted octanol–water partition coefficient (Wildman–Crippen LogP) is 3.64. The van der Waals surface area contributed by atoms with Gasteiger partial charge in [0.05, 0.1) is 16.8 Å². The van der Waals surface area contributed by atoms with E-state index in [1.54, 1.807) is 23.1 Å². The van der Waals surface area contributed by atoms with Gasteiger partial charge in [-0.2, -0.15) is 0 Å². The van der Waals surface area contributed by atoms with Gasteiger partial charge in [0, 0.05) is 16.2 Å². The van der Waals surface area contributed by atoms with Crippen molar-refractivity contribution in [3.05, 3.63) is 43.6 Å². The van der Waals surface area contributed by atoms with Crippen LogP contribution in [0.1, 0.15) is 33.3 Å². The maximum atomic E-state index is 12.2. The summed E-state index contributed by atoms with van der Waals surface area (Å²) in [5, 5.41) is 4.67. The van der Waals surface area contributed by atoms with Crippen LogP contribution < -0.4 is 5.56 Å². The number of hydrogen-bond donors (Lipinski definition) is 1. The molecule has 3 aromatic rings. The van der Waals surface area contributed by atoms with Crippen LogP contribution in [0, 0.1) is 27.7 Å². The largest absolute Gasteiger partial charge is 0.361 e. The molecule has 116 valence electrons. The molecule has 0 saturated heterocycles. The molecule has 1 N–H and O–H groups in total. The monoisotopic (exact) mass is 335 g/mol. The highest BCUT2D eigenvalue weighted by Gasteiger charge is 2.13. The van der Waals surface area contributed by atoms with Crippen LogP contribution in [-0.4, -0.2) is 15.1 Å². The summed E-state index contributed by atoms with van der Waals surface area (Å²) >= 11 is 3.27. The lowest BCUT2D eigenvalue weighted by Gasteiger charge is -2.02.